The average Bonchev–Trinajstić information content (AvgIpc) is 3.10. The molecule has 0 aliphatic carbocycles. The molecule has 0 spiro atoms. The van der Waals surface area contributed by atoms with Crippen LogP contribution in [0.4, 0.5) is 19.0 Å². The first-order chi connectivity index (χ1) is 13.8. The maximum absolute atomic E-state index is 13.1. The van der Waals surface area contributed by atoms with Gasteiger partial charge in [-0.2, -0.15) is 13.2 Å². The number of nitrogens with zero attached hydrogens (tertiary/aromatic N) is 6. The molecule has 0 radical (unpaired) electrons. The third-order valence-corrected chi connectivity index (χ3v) is 6.22. The quantitative estimate of drug-likeness (QED) is 0.595. The second-order valence-corrected chi connectivity index (χ2v) is 7.96. The summed E-state index contributed by atoms with van der Waals surface area (Å²) in [7, 11) is 0. The molecule has 0 N–H and O–H groups in total. The fourth-order valence-electron chi connectivity index (χ4n) is 3.82. The number of halogens is 3. The van der Waals surface area contributed by atoms with E-state index < -0.39 is 11.7 Å². The summed E-state index contributed by atoms with van der Waals surface area (Å²) < 4.78 is 43.1. The largest absolute Gasteiger partial charge is 0.417 e. The van der Waals surface area contributed by atoms with Gasteiger partial charge >= 0.3 is 6.18 Å². The molecule has 4 heterocycles. The molecule has 1 saturated heterocycles. The minimum Gasteiger partial charge on any atom is -0.353 e. The Morgan fingerprint density at radius 1 is 1.07 bits per heavy atom. The molecule has 2 atom stereocenters. The topological polar surface area (TPSA) is 49.6 Å². The molecule has 1 aliphatic heterocycles. The van der Waals surface area contributed by atoms with Crippen LogP contribution in [0.2, 0.25) is 0 Å². The third-order valence-electron chi connectivity index (χ3n) is 5.08. The van der Waals surface area contributed by atoms with Gasteiger partial charge in [-0.15, -0.1) is 0 Å². The van der Waals surface area contributed by atoms with Gasteiger partial charge in [0.15, 0.2) is 5.82 Å². The minimum atomic E-state index is -4.43. The van der Waals surface area contributed by atoms with Crippen molar-refractivity contribution >= 4 is 23.4 Å². The monoisotopic (exact) mass is 422 g/mol. The molecule has 1 fully saturated rings. The summed E-state index contributed by atoms with van der Waals surface area (Å²) in [5, 5.41) is 0. The van der Waals surface area contributed by atoms with Crippen LogP contribution in [-0.4, -0.2) is 55.1 Å². The summed E-state index contributed by atoms with van der Waals surface area (Å²) in [4.78, 5) is 15.3. The number of pyridine rings is 1. The van der Waals surface area contributed by atoms with Crippen LogP contribution in [0, 0.1) is 0 Å². The molecular formula is C19H21F3N6S. The molecule has 3 aromatic rings. The first-order valence-electron chi connectivity index (χ1n) is 9.23. The summed E-state index contributed by atoms with van der Waals surface area (Å²) in [6.07, 6.45) is 1.83. The highest BCUT2D eigenvalue weighted by atomic mass is 32.2. The normalized spacial score (nSPS) is 21.1. The Balaban J connectivity index is 1.69. The van der Waals surface area contributed by atoms with E-state index in [1.54, 1.807) is 18.1 Å². The lowest BCUT2D eigenvalue weighted by molar-refractivity contribution is -0.137. The molecule has 0 bridgehead atoms. The van der Waals surface area contributed by atoms with Gasteiger partial charge in [0.1, 0.15) is 17.2 Å². The van der Waals surface area contributed by atoms with Crippen LogP contribution >= 0.6 is 11.9 Å². The number of fused-ring (bicyclic) bond motifs is 1. The van der Waals surface area contributed by atoms with Gasteiger partial charge in [-0.25, -0.2) is 19.3 Å². The lowest BCUT2D eigenvalue weighted by Gasteiger charge is -2.43. The molecule has 29 heavy (non-hydrogen) atoms. The number of aromatic nitrogens is 4. The number of alkyl halides is 3. The Morgan fingerprint density at radius 2 is 1.79 bits per heavy atom. The van der Waals surface area contributed by atoms with E-state index in [1.807, 2.05) is 6.07 Å². The van der Waals surface area contributed by atoms with Gasteiger partial charge < -0.3 is 4.90 Å². The zero-order valence-corrected chi connectivity index (χ0v) is 17.1. The SMILES string of the molecule is CSN1C(C)CN(c2ccnc(-c3cnc4ccc(C(F)(F)F)cn34)n2)CC1C. The van der Waals surface area contributed by atoms with E-state index in [0.717, 1.165) is 31.2 Å². The molecule has 0 saturated carbocycles. The molecule has 154 valence electrons. The number of imidazole rings is 1. The van der Waals surface area contributed by atoms with Crippen LogP contribution in [0.5, 0.6) is 0 Å². The zero-order chi connectivity index (χ0) is 20.8. The van der Waals surface area contributed by atoms with Crippen molar-refractivity contribution in [3.63, 3.8) is 0 Å². The van der Waals surface area contributed by atoms with Gasteiger partial charge in [-0.05, 0) is 38.3 Å². The Morgan fingerprint density at radius 3 is 2.45 bits per heavy atom. The Kier molecular flexibility index (Phi) is 5.16. The van der Waals surface area contributed by atoms with Crippen molar-refractivity contribution in [1.29, 1.82) is 0 Å². The van der Waals surface area contributed by atoms with Crippen LogP contribution in [0.1, 0.15) is 19.4 Å². The van der Waals surface area contributed by atoms with E-state index in [-0.39, 0.29) is 0 Å². The number of hydrogen-bond acceptors (Lipinski definition) is 6. The number of hydrogen-bond donors (Lipinski definition) is 0. The lowest BCUT2D eigenvalue weighted by atomic mass is 10.1. The van der Waals surface area contributed by atoms with Gasteiger partial charge in [0, 0.05) is 37.6 Å². The van der Waals surface area contributed by atoms with Gasteiger partial charge in [0.2, 0.25) is 0 Å². The average molecular weight is 422 g/mol. The van der Waals surface area contributed by atoms with E-state index in [0.29, 0.717) is 29.2 Å². The smallest absolute Gasteiger partial charge is 0.353 e. The minimum absolute atomic E-state index is 0.345. The van der Waals surface area contributed by atoms with Crippen LogP contribution in [0.3, 0.4) is 0 Å². The van der Waals surface area contributed by atoms with Crippen molar-refractivity contribution < 1.29 is 13.2 Å². The highest BCUT2D eigenvalue weighted by Crippen LogP contribution is 2.31. The summed E-state index contributed by atoms with van der Waals surface area (Å²) in [5.41, 5.74) is 0.103. The standard InChI is InChI=1S/C19H21F3N6S/c1-12-9-26(10-13(2)28(12)29-3)17-6-7-23-18(25-17)15-8-24-16-5-4-14(11-27(15)16)19(20,21)22/h4-8,11-13H,9-10H2,1-3H3. The summed E-state index contributed by atoms with van der Waals surface area (Å²) >= 11 is 1.74. The van der Waals surface area contributed by atoms with E-state index in [1.165, 1.54) is 16.7 Å². The number of anilines is 1. The van der Waals surface area contributed by atoms with Gasteiger partial charge in [0.05, 0.1) is 11.8 Å². The van der Waals surface area contributed by atoms with Crippen LogP contribution in [-0.2, 0) is 6.18 Å². The lowest BCUT2D eigenvalue weighted by Crippen LogP contribution is -2.54. The zero-order valence-electron chi connectivity index (χ0n) is 16.3. The fraction of sp³-hybridized carbons (Fsp3) is 0.421. The van der Waals surface area contributed by atoms with Gasteiger partial charge in [-0.3, -0.25) is 4.40 Å². The molecule has 1 aliphatic rings. The predicted molar refractivity (Wildman–Crippen MR) is 108 cm³/mol. The van der Waals surface area contributed by atoms with Crippen LogP contribution in [0.15, 0.2) is 36.8 Å². The van der Waals surface area contributed by atoms with Crippen molar-refractivity contribution in [2.24, 2.45) is 0 Å². The van der Waals surface area contributed by atoms with Crippen molar-refractivity contribution in [2.75, 3.05) is 24.2 Å². The molecule has 0 amide bonds. The summed E-state index contributed by atoms with van der Waals surface area (Å²) in [6, 6.07) is 4.90. The number of rotatable bonds is 3. The molecule has 0 aromatic carbocycles. The van der Waals surface area contributed by atoms with E-state index in [4.69, 9.17) is 0 Å². The highest BCUT2D eigenvalue weighted by molar-refractivity contribution is 7.96. The second-order valence-electron chi connectivity index (χ2n) is 7.17. The van der Waals surface area contributed by atoms with Crippen molar-refractivity contribution in [3.05, 3.63) is 42.4 Å². The van der Waals surface area contributed by atoms with E-state index >= 15 is 0 Å². The van der Waals surface area contributed by atoms with E-state index in [2.05, 4.69) is 44.3 Å². The van der Waals surface area contributed by atoms with E-state index in [9.17, 15) is 13.2 Å². The predicted octanol–water partition coefficient (Wildman–Crippen LogP) is 3.99. The second kappa shape index (κ2) is 7.49. The van der Waals surface area contributed by atoms with Gasteiger partial charge in [-0.1, -0.05) is 11.9 Å². The van der Waals surface area contributed by atoms with Crippen molar-refractivity contribution in [3.8, 4) is 11.5 Å². The van der Waals surface area contributed by atoms with Crippen molar-refractivity contribution in [1.82, 2.24) is 23.7 Å². The first-order valence-corrected chi connectivity index (χ1v) is 10.4. The Labute approximate surface area is 170 Å². The fourth-order valence-corrected chi connectivity index (χ4v) is 4.67. The molecule has 6 nitrogen and oxygen atoms in total. The first kappa shape index (κ1) is 20.0. The Hall–Kier alpha value is -2.33. The summed E-state index contributed by atoms with van der Waals surface area (Å²) in [5.74, 6) is 1.11. The molecule has 3 aromatic heterocycles. The molecular weight excluding hydrogens is 401 g/mol. The van der Waals surface area contributed by atoms with Gasteiger partial charge in [0.25, 0.3) is 0 Å². The molecule has 10 heteroatoms. The number of piperazine rings is 1. The van der Waals surface area contributed by atoms with Crippen LogP contribution < -0.4 is 4.90 Å². The van der Waals surface area contributed by atoms with Crippen molar-refractivity contribution in [2.45, 2.75) is 32.1 Å². The summed E-state index contributed by atoms with van der Waals surface area (Å²) in [6.45, 7) is 5.97. The third kappa shape index (κ3) is 3.78. The molecule has 4 rings (SSSR count). The maximum atomic E-state index is 13.1. The highest BCUT2D eigenvalue weighted by Gasteiger charge is 2.32. The Bertz CT molecular complexity index is 1010. The van der Waals surface area contributed by atoms with Crippen LogP contribution in [0.25, 0.3) is 17.2 Å². The molecule has 2 unspecified atom stereocenters. The maximum Gasteiger partial charge on any atom is 0.417 e.